The van der Waals surface area contributed by atoms with Crippen LogP contribution in [0.1, 0.15) is 38.3 Å². The van der Waals surface area contributed by atoms with Crippen LogP contribution < -0.4 is 5.32 Å². The Hall–Kier alpha value is 0.140. The maximum absolute atomic E-state index is 3.68. The summed E-state index contributed by atoms with van der Waals surface area (Å²) < 4.78 is 2.40. The van der Waals surface area contributed by atoms with Gasteiger partial charge in [-0.05, 0) is 55.1 Å². The molecule has 0 saturated carbocycles. The molecule has 0 atom stereocenters. The van der Waals surface area contributed by atoms with E-state index < -0.39 is 0 Å². The lowest BCUT2D eigenvalue weighted by molar-refractivity contribution is 0.459. The molecule has 1 aromatic carbocycles. The van der Waals surface area contributed by atoms with Crippen molar-refractivity contribution in [3.8, 4) is 0 Å². The van der Waals surface area contributed by atoms with Gasteiger partial charge in [-0.2, -0.15) is 0 Å². The van der Waals surface area contributed by atoms with Crippen LogP contribution in [0.25, 0.3) is 0 Å². The van der Waals surface area contributed by atoms with E-state index in [1.165, 1.54) is 20.1 Å². The van der Waals surface area contributed by atoms with E-state index in [0.29, 0.717) is 0 Å². The van der Waals surface area contributed by atoms with Gasteiger partial charge < -0.3 is 5.32 Å². The van der Waals surface area contributed by atoms with Crippen molar-refractivity contribution in [2.24, 2.45) is 0 Å². The second-order valence-corrected chi connectivity index (χ2v) is 6.78. The van der Waals surface area contributed by atoms with Crippen molar-refractivity contribution >= 4 is 31.9 Å². The third kappa shape index (κ3) is 4.08. The van der Waals surface area contributed by atoms with Crippen molar-refractivity contribution in [1.82, 2.24) is 5.32 Å². The Morgan fingerprint density at radius 2 is 1.82 bits per heavy atom. The maximum Gasteiger partial charge on any atom is 0.0216 e. The monoisotopic (exact) mass is 361 g/mol. The minimum Gasteiger partial charge on any atom is -0.317 e. The Morgan fingerprint density at radius 3 is 2.41 bits per heavy atom. The molecule has 1 nitrogen and oxygen atoms in total. The largest absolute Gasteiger partial charge is 0.317 e. The molecule has 17 heavy (non-hydrogen) atoms. The van der Waals surface area contributed by atoms with Crippen LogP contribution >= 0.6 is 31.9 Å². The van der Waals surface area contributed by atoms with Crippen LogP contribution in [-0.4, -0.2) is 13.1 Å². The molecule has 96 valence electrons. The lowest BCUT2D eigenvalue weighted by Crippen LogP contribution is -2.25. The fourth-order valence-electron chi connectivity index (χ4n) is 1.88. The standard InChI is InChI=1S/C14H21Br2N/c1-5-17-7-6-14(3,4)11-9-12(15)10(2)8-13(11)16/h8-9,17H,5-7H2,1-4H3. The molecule has 1 N–H and O–H groups in total. The predicted octanol–water partition coefficient (Wildman–Crippen LogP) is 4.80. The van der Waals surface area contributed by atoms with Crippen molar-refractivity contribution in [2.45, 2.75) is 39.5 Å². The van der Waals surface area contributed by atoms with Crippen LogP contribution in [-0.2, 0) is 5.41 Å². The minimum atomic E-state index is 0.178. The number of halogens is 2. The van der Waals surface area contributed by atoms with Crippen molar-refractivity contribution in [1.29, 1.82) is 0 Å². The van der Waals surface area contributed by atoms with Gasteiger partial charge in [-0.3, -0.25) is 0 Å². The Kier molecular flexibility index (Phi) is 5.68. The summed E-state index contributed by atoms with van der Waals surface area (Å²) in [5.74, 6) is 0. The van der Waals surface area contributed by atoms with Crippen molar-refractivity contribution in [2.75, 3.05) is 13.1 Å². The third-order valence-corrected chi connectivity index (χ3v) is 4.66. The molecule has 1 aromatic rings. The molecule has 0 bridgehead atoms. The zero-order valence-corrected chi connectivity index (χ0v) is 14.2. The first-order valence-electron chi connectivity index (χ1n) is 6.05. The second-order valence-electron chi connectivity index (χ2n) is 5.07. The second kappa shape index (κ2) is 6.35. The van der Waals surface area contributed by atoms with Gasteiger partial charge in [0.15, 0.2) is 0 Å². The van der Waals surface area contributed by atoms with Gasteiger partial charge in [0.05, 0.1) is 0 Å². The topological polar surface area (TPSA) is 12.0 Å². The molecule has 0 aliphatic carbocycles. The van der Waals surface area contributed by atoms with E-state index in [2.05, 4.69) is 77.0 Å². The Balaban J connectivity index is 2.93. The number of nitrogens with one attached hydrogen (secondary N) is 1. The average molecular weight is 363 g/mol. The van der Waals surface area contributed by atoms with Crippen molar-refractivity contribution < 1.29 is 0 Å². The first-order chi connectivity index (χ1) is 7.88. The summed E-state index contributed by atoms with van der Waals surface area (Å²) in [6.45, 7) is 10.9. The lowest BCUT2D eigenvalue weighted by atomic mass is 9.81. The van der Waals surface area contributed by atoms with E-state index in [4.69, 9.17) is 0 Å². The zero-order chi connectivity index (χ0) is 13.1. The molecule has 0 heterocycles. The van der Waals surface area contributed by atoms with Crippen LogP contribution in [0.15, 0.2) is 21.1 Å². The Morgan fingerprint density at radius 1 is 1.18 bits per heavy atom. The third-order valence-electron chi connectivity index (χ3n) is 3.15. The van der Waals surface area contributed by atoms with Crippen LogP contribution in [0.3, 0.4) is 0 Å². The highest BCUT2D eigenvalue weighted by atomic mass is 79.9. The van der Waals surface area contributed by atoms with E-state index in [1.807, 2.05) is 0 Å². The summed E-state index contributed by atoms with van der Waals surface area (Å²) in [5.41, 5.74) is 2.81. The summed E-state index contributed by atoms with van der Waals surface area (Å²) in [4.78, 5) is 0. The molecule has 0 aliphatic rings. The van der Waals surface area contributed by atoms with E-state index >= 15 is 0 Å². The smallest absolute Gasteiger partial charge is 0.0216 e. The summed E-state index contributed by atoms with van der Waals surface area (Å²) in [6, 6.07) is 4.43. The van der Waals surface area contributed by atoms with Gasteiger partial charge in [-0.15, -0.1) is 0 Å². The SMILES string of the molecule is CCNCCC(C)(C)c1cc(Br)c(C)cc1Br. The molecular weight excluding hydrogens is 342 g/mol. The van der Waals surface area contributed by atoms with Gasteiger partial charge in [-0.1, -0.05) is 52.6 Å². The highest BCUT2D eigenvalue weighted by Gasteiger charge is 2.23. The first-order valence-corrected chi connectivity index (χ1v) is 7.64. The summed E-state index contributed by atoms with van der Waals surface area (Å²) in [5, 5.41) is 3.39. The quantitative estimate of drug-likeness (QED) is 0.742. The Labute approximate surface area is 122 Å². The van der Waals surface area contributed by atoms with Crippen LogP contribution in [0.5, 0.6) is 0 Å². The van der Waals surface area contributed by atoms with Gasteiger partial charge in [0.1, 0.15) is 0 Å². The lowest BCUT2D eigenvalue weighted by Gasteiger charge is -2.27. The molecule has 0 aliphatic heterocycles. The van der Waals surface area contributed by atoms with Gasteiger partial charge in [0.2, 0.25) is 0 Å². The van der Waals surface area contributed by atoms with Crippen LogP contribution in [0.4, 0.5) is 0 Å². The predicted molar refractivity (Wildman–Crippen MR) is 82.8 cm³/mol. The molecular formula is C14H21Br2N. The molecule has 0 spiro atoms. The highest BCUT2D eigenvalue weighted by Crippen LogP contribution is 2.36. The number of hydrogen-bond donors (Lipinski definition) is 1. The summed E-state index contributed by atoms with van der Waals surface area (Å²) >= 11 is 7.30. The van der Waals surface area contributed by atoms with Gasteiger partial charge in [-0.25, -0.2) is 0 Å². The molecule has 0 aromatic heterocycles. The van der Waals surface area contributed by atoms with E-state index in [-0.39, 0.29) is 5.41 Å². The minimum absolute atomic E-state index is 0.178. The normalized spacial score (nSPS) is 11.9. The highest BCUT2D eigenvalue weighted by molar-refractivity contribution is 9.11. The fourth-order valence-corrected chi connectivity index (χ4v) is 3.22. The molecule has 1 rings (SSSR count). The van der Waals surface area contributed by atoms with E-state index in [9.17, 15) is 0 Å². The molecule has 0 saturated heterocycles. The van der Waals surface area contributed by atoms with Crippen LogP contribution in [0, 0.1) is 6.92 Å². The fraction of sp³-hybridized carbons (Fsp3) is 0.571. The van der Waals surface area contributed by atoms with Crippen LogP contribution in [0.2, 0.25) is 0 Å². The number of benzene rings is 1. The number of aryl methyl sites for hydroxylation is 1. The molecule has 0 amide bonds. The first kappa shape index (κ1) is 15.2. The molecule has 0 unspecified atom stereocenters. The van der Waals surface area contributed by atoms with E-state index in [1.54, 1.807) is 0 Å². The maximum atomic E-state index is 3.68. The molecule has 0 radical (unpaired) electrons. The van der Waals surface area contributed by atoms with Crippen molar-refractivity contribution in [3.05, 3.63) is 32.2 Å². The molecule has 3 heteroatoms. The average Bonchev–Trinajstić information content (AvgIpc) is 2.23. The Bertz CT molecular complexity index is 386. The summed E-state index contributed by atoms with van der Waals surface area (Å²) in [7, 11) is 0. The summed E-state index contributed by atoms with van der Waals surface area (Å²) in [6.07, 6.45) is 1.13. The van der Waals surface area contributed by atoms with Gasteiger partial charge in [0, 0.05) is 8.95 Å². The van der Waals surface area contributed by atoms with E-state index in [0.717, 1.165) is 19.5 Å². The molecule has 0 fully saturated rings. The number of hydrogen-bond acceptors (Lipinski definition) is 1. The van der Waals surface area contributed by atoms with Gasteiger partial charge in [0.25, 0.3) is 0 Å². The van der Waals surface area contributed by atoms with Gasteiger partial charge >= 0.3 is 0 Å². The zero-order valence-electron chi connectivity index (χ0n) is 11.0. The number of rotatable bonds is 5. The van der Waals surface area contributed by atoms with Crippen molar-refractivity contribution in [3.63, 3.8) is 0 Å².